The van der Waals surface area contributed by atoms with Crippen LogP contribution in [-0.2, 0) is 4.74 Å². The van der Waals surface area contributed by atoms with Gasteiger partial charge in [-0.3, -0.25) is 0 Å². The van der Waals surface area contributed by atoms with Crippen LogP contribution >= 0.6 is 0 Å². The molecule has 2 atom stereocenters. The van der Waals surface area contributed by atoms with Crippen molar-refractivity contribution in [3.63, 3.8) is 0 Å². The van der Waals surface area contributed by atoms with Gasteiger partial charge in [-0.2, -0.15) is 0 Å². The Morgan fingerprint density at radius 1 is 1.21 bits per heavy atom. The fraction of sp³-hybridized carbons (Fsp3) is 0.579. The molecule has 1 aliphatic carbocycles. The standard InChI is InChI=1S/C19H25N3O2/c1-3-24-17-12-16(23)19(17)8-10-22(11-9-19)18-13(2)20-14-6-4-5-7-15(14)21-18/h4-7,16-17,23H,3,8-12H2,1-2H3/t16-,17-/m1/s1. The van der Waals surface area contributed by atoms with Gasteiger partial charge in [0.05, 0.1) is 28.9 Å². The van der Waals surface area contributed by atoms with E-state index in [2.05, 4.69) is 4.90 Å². The number of aliphatic hydroxyl groups excluding tert-OH is 1. The molecule has 1 N–H and O–H groups in total. The number of para-hydroxylation sites is 2. The van der Waals surface area contributed by atoms with Gasteiger partial charge in [-0.25, -0.2) is 9.97 Å². The van der Waals surface area contributed by atoms with Crippen molar-refractivity contribution in [2.24, 2.45) is 5.41 Å². The molecular formula is C19H25N3O2. The van der Waals surface area contributed by atoms with Crippen LogP contribution in [0.4, 0.5) is 5.82 Å². The molecule has 1 saturated carbocycles. The topological polar surface area (TPSA) is 58.5 Å². The molecule has 1 saturated heterocycles. The largest absolute Gasteiger partial charge is 0.392 e. The number of piperidine rings is 1. The highest BCUT2D eigenvalue weighted by Crippen LogP contribution is 2.51. The summed E-state index contributed by atoms with van der Waals surface area (Å²) in [4.78, 5) is 11.9. The summed E-state index contributed by atoms with van der Waals surface area (Å²) < 4.78 is 5.86. The van der Waals surface area contributed by atoms with Crippen LogP contribution in [0.15, 0.2) is 24.3 Å². The van der Waals surface area contributed by atoms with E-state index in [0.29, 0.717) is 0 Å². The Hall–Kier alpha value is -1.72. The highest BCUT2D eigenvalue weighted by Gasteiger charge is 2.56. The highest BCUT2D eigenvalue weighted by atomic mass is 16.5. The summed E-state index contributed by atoms with van der Waals surface area (Å²) in [5, 5.41) is 10.3. The van der Waals surface area contributed by atoms with E-state index in [1.54, 1.807) is 0 Å². The highest BCUT2D eigenvalue weighted by molar-refractivity contribution is 5.76. The van der Waals surface area contributed by atoms with E-state index < -0.39 is 0 Å². The van der Waals surface area contributed by atoms with Crippen molar-refractivity contribution < 1.29 is 9.84 Å². The lowest BCUT2D eigenvalue weighted by Gasteiger charge is -2.56. The normalized spacial score (nSPS) is 25.9. The Balaban J connectivity index is 1.55. The van der Waals surface area contributed by atoms with Gasteiger partial charge in [0.25, 0.3) is 0 Å². The Labute approximate surface area is 142 Å². The number of hydrogen-bond acceptors (Lipinski definition) is 5. The molecule has 0 amide bonds. The van der Waals surface area contributed by atoms with E-state index in [4.69, 9.17) is 14.7 Å². The fourth-order valence-electron chi connectivity index (χ4n) is 4.33. The number of benzene rings is 1. The summed E-state index contributed by atoms with van der Waals surface area (Å²) in [6, 6.07) is 8.00. The summed E-state index contributed by atoms with van der Waals surface area (Å²) in [5.74, 6) is 0.977. The van der Waals surface area contributed by atoms with Crippen molar-refractivity contribution in [1.29, 1.82) is 0 Å². The van der Waals surface area contributed by atoms with Gasteiger partial charge in [0.2, 0.25) is 0 Å². The smallest absolute Gasteiger partial charge is 0.150 e. The van der Waals surface area contributed by atoms with E-state index in [1.807, 2.05) is 38.1 Å². The summed E-state index contributed by atoms with van der Waals surface area (Å²) >= 11 is 0. The average molecular weight is 327 g/mol. The molecule has 1 aromatic carbocycles. The maximum absolute atomic E-state index is 10.3. The lowest BCUT2D eigenvalue weighted by atomic mass is 9.58. The predicted octanol–water partition coefficient (Wildman–Crippen LogP) is 2.69. The molecule has 2 aromatic rings. The lowest BCUT2D eigenvalue weighted by molar-refractivity contribution is -0.199. The quantitative estimate of drug-likeness (QED) is 0.939. The molecule has 1 aliphatic heterocycles. The summed E-state index contributed by atoms with van der Waals surface area (Å²) in [5.41, 5.74) is 2.80. The van der Waals surface area contributed by atoms with Crippen LogP contribution in [0.5, 0.6) is 0 Å². The van der Waals surface area contributed by atoms with Crippen LogP contribution in [0.2, 0.25) is 0 Å². The molecule has 1 aromatic heterocycles. The maximum Gasteiger partial charge on any atom is 0.150 e. The van der Waals surface area contributed by atoms with Crippen molar-refractivity contribution in [2.45, 2.75) is 45.3 Å². The second-order valence-electron chi connectivity index (χ2n) is 7.04. The molecule has 0 bridgehead atoms. The monoisotopic (exact) mass is 327 g/mol. The molecular weight excluding hydrogens is 302 g/mol. The van der Waals surface area contributed by atoms with Crippen LogP contribution in [-0.4, -0.2) is 47.0 Å². The first-order chi connectivity index (χ1) is 11.6. The van der Waals surface area contributed by atoms with E-state index in [9.17, 15) is 5.11 Å². The molecule has 128 valence electrons. The molecule has 2 fully saturated rings. The average Bonchev–Trinajstić information content (AvgIpc) is 2.61. The zero-order valence-corrected chi connectivity index (χ0v) is 14.4. The number of aryl methyl sites for hydroxylation is 1. The summed E-state index contributed by atoms with van der Waals surface area (Å²) in [6.45, 7) is 6.57. The first kappa shape index (κ1) is 15.8. The lowest BCUT2D eigenvalue weighted by Crippen LogP contribution is -2.62. The Bertz CT molecular complexity index is 738. The van der Waals surface area contributed by atoms with Gasteiger partial charge in [0.15, 0.2) is 5.82 Å². The minimum atomic E-state index is -0.222. The third kappa shape index (κ3) is 2.38. The van der Waals surface area contributed by atoms with E-state index in [0.717, 1.165) is 61.5 Å². The van der Waals surface area contributed by atoms with Gasteiger partial charge >= 0.3 is 0 Å². The van der Waals surface area contributed by atoms with Gasteiger partial charge < -0.3 is 14.7 Å². The van der Waals surface area contributed by atoms with Gasteiger partial charge in [-0.05, 0) is 38.8 Å². The first-order valence-electron chi connectivity index (χ1n) is 8.92. The number of aromatic nitrogens is 2. The Kier molecular flexibility index (Phi) is 3.93. The molecule has 2 heterocycles. The first-order valence-corrected chi connectivity index (χ1v) is 8.92. The maximum atomic E-state index is 10.3. The zero-order valence-electron chi connectivity index (χ0n) is 14.4. The molecule has 2 aliphatic rings. The number of aliphatic hydroxyl groups is 1. The molecule has 5 heteroatoms. The molecule has 4 rings (SSSR count). The van der Waals surface area contributed by atoms with Crippen molar-refractivity contribution in [2.75, 3.05) is 24.6 Å². The third-order valence-corrected chi connectivity index (χ3v) is 5.82. The van der Waals surface area contributed by atoms with E-state index in [-0.39, 0.29) is 17.6 Å². The Morgan fingerprint density at radius 2 is 1.88 bits per heavy atom. The van der Waals surface area contributed by atoms with Crippen molar-refractivity contribution >= 4 is 16.9 Å². The second kappa shape index (κ2) is 5.97. The predicted molar refractivity (Wildman–Crippen MR) is 94.2 cm³/mol. The van der Waals surface area contributed by atoms with Crippen LogP contribution in [0.1, 0.15) is 31.9 Å². The zero-order chi connectivity index (χ0) is 16.7. The van der Waals surface area contributed by atoms with Crippen LogP contribution < -0.4 is 4.90 Å². The van der Waals surface area contributed by atoms with Gasteiger partial charge in [-0.15, -0.1) is 0 Å². The molecule has 24 heavy (non-hydrogen) atoms. The minimum absolute atomic E-state index is 0.0509. The van der Waals surface area contributed by atoms with Gasteiger partial charge in [0.1, 0.15) is 0 Å². The van der Waals surface area contributed by atoms with E-state index in [1.165, 1.54) is 0 Å². The Morgan fingerprint density at radius 3 is 2.50 bits per heavy atom. The summed E-state index contributed by atoms with van der Waals surface area (Å²) in [6.07, 6.45) is 2.67. The number of fused-ring (bicyclic) bond motifs is 1. The molecule has 5 nitrogen and oxygen atoms in total. The van der Waals surface area contributed by atoms with Crippen molar-refractivity contribution in [1.82, 2.24) is 9.97 Å². The van der Waals surface area contributed by atoms with E-state index >= 15 is 0 Å². The second-order valence-corrected chi connectivity index (χ2v) is 7.04. The number of anilines is 1. The van der Waals surface area contributed by atoms with Crippen molar-refractivity contribution in [3.8, 4) is 0 Å². The SMILES string of the molecule is CCO[C@@H]1C[C@@H](O)C12CCN(c1nc3ccccc3nc1C)CC2. The van der Waals surface area contributed by atoms with Crippen LogP contribution in [0.25, 0.3) is 11.0 Å². The van der Waals surface area contributed by atoms with Crippen LogP contribution in [0, 0.1) is 12.3 Å². The number of rotatable bonds is 3. The number of nitrogens with zero attached hydrogens (tertiary/aromatic N) is 3. The minimum Gasteiger partial charge on any atom is -0.392 e. The van der Waals surface area contributed by atoms with Gasteiger partial charge in [0, 0.05) is 31.5 Å². The third-order valence-electron chi connectivity index (χ3n) is 5.82. The summed E-state index contributed by atoms with van der Waals surface area (Å²) in [7, 11) is 0. The van der Waals surface area contributed by atoms with Crippen molar-refractivity contribution in [3.05, 3.63) is 30.0 Å². The molecule has 1 spiro atoms. The fourth-order valence-corrected chi connectivity index (χ4v) is 4.33. The number of ether oxygens (including phenoxy) is 1. The van der Waals surface area contributed by atoms with Crippen LogP contribution in [0.3, 0.4) is 0 Å². The number of hydrogen-bond donors (Lipinski definition) is 1. The van der Waals surface area contributed by atoms with Gasteiger partial charge in [-0.1, -0.05) is 12.1 Å². The molecule has 0 radical (unpaired) electrons. The molecule has 0 unspecified atom stereocenters.